The Morgan fingerprint density at radius 1 is 1.19 bits per heavy atom. The Morgan fingerprint density at radius 2 is 1.90 bits per heavy atom. The number of aryl methyl sites for hydroxylation is 1. The summed E-state index contributed by atoms with van der Waals surface area (Å²) in [6.45, 7) is 5.66. The quantitative estimate of drug-likeness (QED) is 0.707. The lowest BCUT2D eigenvalue weighted by molar-refractivity contribution is -0.126. The van der Waals surface area contributed by atoms with E-state index in [9.17, 15) is 14.4 Å². The Balaban J connectivity index is 2.48. The number of likely N-dealkylation sites (N-methyl/N-ethyl adjacent to an activating group) is 1. The van der Waals surface area contributed by atoms with Gasteiger partial charge >= 0.3 is 0 Å². The molecule has 0 spiro atoms. The van der Waals surface area contributed by atoms with Gasteiger partial charge in [0.1, 0.15) is 6.04 Å². The topological polar surface area (TPSA) is 87.3 Å². The van der Waals surface area contributed by atoms with Crippen molar-refractivity contribution in [2.24, 2.45) is 0 Å². The highest BCUT2D eigenvalue weighted by Gasteiger charge is 2.17. The van der Waals surface area contributed by atoms with Crippen LogP contribution in [0.1, 0.15) is 29.8 Å². The van der Waals surface area contributed by atoms with Gasteiger partial charge in [-0.1, -0.05) is 17.7 Å². The number of rotatable bonds is 6. The zero-order chi connectivity index (χ0) is 15.8. The van der Waals surface area contributed by atoms with E-state index in [1.54, 1.807) is 32.0 Å². The molecule has 1 aromatic rings. The number of carbonyl (C=O) groups is 3. The number of amides is 3. The largest absolute Gasteiger partial charge is 0.355 e. The summed E-state index contributed by atoms with van der Waals surface area (Å²) < 4.78 is 0. The van der Waals surface area contributed by atoms with Gasteiger partial charge in [0.15, 0.2) is 0 Å². The first-order chi connectivity index (χ1) is 9.93. The summed E-state index contributed by atoms with van der Waals surface area (Å²) in [5, 5.41) is 7.64. The Bertz CT molecular complexity index is 529. The molecule has 0 aromatic heterocycles. The second-order valence-corrected chi connectivity index (χ2v) is 4.74. The molecule has 0 aliphatic heterocycles. The number of benzene rings is 1. The molecule has 3 amide bonds. The molecule has 114 valence electrons. The van der Waals surface area contributed by atoms with Crippen LogP contribution in [0.3, 0.4) is 0 Å². The van der Waals surface area contributed by atoms with E-state index in [0.717, 1.165) is 5.56 Å². The van der Waals surface area contributed by atoms with Crippen molar-refractivity contribution in [3.63, 3.8) is 0 Å². The molecule has 0 aliphatic carbocycles. The third kappa shape index (κ3) is 5.64. The summed E-state index contributed by atoms with van der Waals surface area (Å²) in [5.41, 5.74) is 1.47. The molecule has 6 heteroatoms. The van der Waals surface area contributed by atoms with Gasteiger partial charge in [0.2, 0.25) is 11.8 Å². The molecule has 1 atom stereocenters. The molecule has 3 N–H and O–H groups in total. The minimum absolute atomic E-state index is 0.0999. The molecule has 0 radical (unpaired) electrons. The van der Waals surface area contributed by atoms with Crippen LogP contribution in [0.15, 0.2) is 24.3 Å². The zero-order valence-corrected chi connectivity index (χ0v) is 12.5. The highest BCUT2D eigenvalue weighted by atomic mass is 16.2. The number of nitrogens with one attached hydrogen (secondary N) is 3. The van der Waals surface area contributed by atoms with Gasteiger partial charge in [-0.3, -0.25) is 14.4 Å². The third-order valence-electron chi connectivity index (χ3n) is 2.82. The summed E-state index contributed by atoms with van der Waals surface area (Å²) in [6, 6.07) is 6.38. The van der Waals surface area contributed by atoms with E-state index < -0.39 is 11.9 Å². The van der Waals surface area contributed by atoms with E-state index in [4.69, 9.17) is 0 Å². The van der Waals surface area contributed by atoms with Crippen LogP contribution in [0, 0.1) is 6.92 Å². The highest BCUT2D eigenvalue weighted by Crippen LogP contribution is 2.04. The fraction of sp³-hybridized carbons (Fsp3) is 0.400. The van der Waals surface area contributed by atoms with Gasteiger partial charge in [-0.15, -0.1) is 0 Å². The standard InChI is InChI=1S/C15H21N3O3/c1-4-16-13(19)9-17-14(20)11(3)18-15(21)12-7-5-6-10(2)8-12/h5-8,11H,4,9H2,1-3H3,(H,16,19)(H,17,20)(H,18,21)/t11-/m0/s1. The minimum Gasteiger partial charge on any atom is -0.355 e. The van der Waals surface area contributed by atoms with E-state index in [0.29, 0.717) is 12.1 Å². The molecule has 21 heavy (non-hydrogen) atoms. The van der Waals surface area contributed by atoms with Crippen molar-refractivity contribution in [2.75, 3.05) is 13.1 Å². The monoisotopic (exact) mass is 291 g/mol. The first kappa shape index (κ1) is 16.7. The Kier molecular flexibility index (Phi) is 6.39. The maximum atomic E-state index is 12.0. The maximum Gasteiger partial charge on any atom is 0.251 e. The molecule has 0 fully saturated rings. The zero-order valence-electron chi connectivity index (χ0n) is 12.5. The Morgan fingerprint density at radius 3 is 2.52 bits per heavy atom. The molecule has 0 unspecified atom stereocenters. The molecule has 0 bridgehead atoms. The molecule has 6 nitrogen and oxygen atoms in total. The lowest BCUT2D eigenvalue weighted by Crippen LogP contribution is -2.47. The molecule has 0 saturated heterocycles. The summed E-state index contributed by atoms with van der Waals surface area (Å²) in [6.07, 6.45) is 0. The first-order valence-electron chi connectivity index (χ1n) is 6.86. The second-order valence-electron chi connectivity index (χ2n) is 4.74. The molecular formula is C15H21N3O3. The summed E-state index contributed by atoms with van der Waals surface area (Å²) in [7, 11) is 0. The van der Waals surface area contributed by atoms with Crippen LogP contribution in [-0.4, -0.2) is 36.9 Å². The molecule has 1 rings (SSSR count). The average Bonchev–Trinajstić information content (AvgIpc) is 2.44. The number of carbonyl (C=O) groups excluding carboxylic acids is 3. The van der Waals surface area contributed by atoms with Crippen molar-refractivity contribution < 1.29 is 14.4 Å². The van der Waals surface area contributed by atoms with Crippen LogP contribution >= 0.6 is 0 Å². The van der Waals surface area contributed by atoms with Crippen LogP contribution < -0.4 is 16.0 Å². The van der Waals surface area contributed by atoms with Gasteiger partial charge in [0, 0.05) is 12.1 Å². The highest BCUT2D eigenvalue weighted by molar-refractivity contribution is 5.98. The van der Waals surface area contributed by atoms with Gasteiger partial charge < -0.3 is 16.0 Å². The number of hydrogen-bond donors (Lipinski definition) is 3. The van der Waals surface area contributed by atoms with Crippen molar-refractivity contribution >= 4 is 17.7 Å². The molecule has 0 heterocycles. The first-order valence-corrected chi connectivity index (χ1v) is 6.86. The van der Waals surface area contributed by atoms with Crippen LogP contribution in [0.2, 0.25) is 0 Å². The van der Waals surface area contributed by atoms with E-state index >= 15 is 0 Å². The van der Waals surface area contributed by atoms with Crippen molar-refractivity contribution in [2.45, 2.75) is 26.8 Å². The van der Waals surface area contributed by atoms with Crippen molar-refractivity contribution in [3.8, 4) is 0 Å². The Labute approximate surface area is 124 Å². The predicted molar refractivity (Wildman–Crippen MR) is 79.8 cm³/mol. The molecule has 0 saturated carbocycles. The van der Waals surface area contributed by atoms with Crippen LogP contribution in [-0.2, 0) is 9.59 Å². The maximum absolute atomic E-state index is 12.0. The van der Waals surface area contributed by atoms with Gasteiger partial charge in [-0.05, 0) is 32.9 Å². The van der Waals surface area contributed by atoms with Crippen molar-refractivity contribution in [1.29, 1.82) is 0 Å². The van der Waals surface area contributed by atoms with Crippen LogP contribution in [0.5, 0.6) is 0 Å². The third-order valence-corrected chi connectivity index (χ3v) is 2.82. The lowest BCUT2D eigenvalue weighted by atomic mass is 10.1. The van der Waals surface area contributed by atoms with Gasteiger partial charge in [0.05, 0.1) is 6.54 Å². The smallest absolute Gasteiger partial charge is 0.251 e. The normalized spacial score (nSPS) is 11.4. The lowest BCUT2D eigenvalue weighted by Gasteiger charge is -2.14. The molecule has 0 aliphatic rings. The van der Waals surface area contributed by atoms with Gasteiger partial charge in [-0.25, -0.2) is 0 Å². The average molecular weight is 291 g/mol. The number of hydrogen-bond acceptors (Lipinski definition) is 3. The fourth-order valence-electron chi connectivity index (χ4n) is 1.71. The summed E-state index contributed by atoms with van der Waals surface area (Å²) >= 11 is 0. The Hall–Kier alpha value is -2.37. The van der Waals surface area contributed by atoms with E-state index in [1.807, 2.05) is 13.0 Å². The van der Waals surface area contributed by atoms with Crippen LogP contribution in [0.4, 0.5) is 0 Å². The molecule has 1 aromatic carbocycles. The van der Waals surface area contributed by atoms with E-state index in [1.165, 1.54) is 0 Å². The van der Waals surface area contributed by atoms with Gasteiger partial charge in [0.25, 0.3) is 5.91 Å². The van der Waals surface area contributed by atoms with Gasteiger partial charge in [-0.2, -0.15) is 0 Å². The predicted octanol–water partition coefficient (Wildman–Crippen LogP) is 0.366. The van der Waals surface area contributed by atoms with E-state index in [2.05, 4.69) is 16.0 Å². The second kappa shape index (κ2) is 8.04. The summed E-state index contributed by atoms with van der Waals surface area (Å²) in [4.78, 5) is 35.0. The minimum atomic E-state index is -0.715. The van der Waals surface area contributed by atoms with Crippen LogP contribution in [0.25, 0.3) is 0 Å². The summed E-state index contributed by atoms with van der Waals surface area (Å²) in [5.74, 6) is -0.982. The fourth-order valence-corrected chi connectivity index (χ4v) is 1.71. The van der Waals surface area contributed by atoms with Crippen molar-refractivity contribution in [3.05, 3.63) is 35.4 Å². The van der Waals surface area contributed by atoms with E-state index in [-0.39, 0.29) is 18.4 Å². The van der Waals surface area contributed by atoms with Crippen molar-refractivity contribution in [1.82, 2.24) is 16.0 Å². The molecular weight excluding hydrogens is 270 g/mol. The SMILES string of the molecule is CCNC(=O)CNC(=O)[C@H](C)NC(=O)c1cccc(C)c1.